The van der Waals surface area contributed by atoms with Crippen molar-refractivity contribution in [2.24, 2.45) is 5.92 Å². The molecule has 0 fully saturated rings. The molecular formula is C44H48N8O7. The number of methoxy groups -OCH3 is 2. The number of fused-ring (bicyclic) bond motifs is 6. The van der Waals surface area contributed by atoms with E-state index in [1.54, 1.807) is 28.1 Å². The van der Waals surface area contributed by atoms with Gasteiger partial charge in [0.1, 0.15) is 36.6 Å². The molecule has 0 bridgehead atoms. The van der Waals surface area contributed by atoms with Gasteiger partial charge in [0.15, 0.2) is 0 Å². The Morgan fingerprint density at radius 1 is 0.881 bits per heavy atom. The standard InChI is InChI=1S/C44H48N8O7/c1-6-16-51(42(54)40(50-44(56)58-5)27-10-8-7-9-11-27)24-38-47-34-15-13-28-18-33-31-14-12-29(17-30(31)25-59-36(33)19-32(28)41(34)49-38)35-20-45-37(48-35)23-52(22-26(2)3)39(53)21-46-43(55)57-4/h7-15,17-20,26,40H,6,16,21-25H2,1-5H3,(H,45,48)(H,46,55)(H,47,49)(H,50,56)/t40-/m1/s1. The number of aromatic nitrogens is 4. The zero-order valence-electron chi connectivity index (χ0n) is 33.8. The van der Waals surface area contributed by atoms with Crippen molar-refractivity contribution >= 4 is 45.8 Å². The first kappa shape index (κ1) is 40.3. The number of rotatable bonds is 14. The normalized spacial score (nSPS) is 12.3. The number of hydrogen-bond donors (Lipinski definition) is 4. The van der Waals surface area contributed by atoms with Gasteiger partial charge in [-0.25, -0.2) is 19.6 Å². The third-order valence-electron chi connectivity index (χ3n) is 10.2. The predicted molar refractivity (Wildman–Crippen MR) is 222 cm³/mol. The molecule has 0 radical (unpaired) electrons. The van der Waals surface area contributed by atoms with Gasteiger partial charge in [0.2, 0.25) is 11.8 Å². The number of nitrogens with one attached hydrogen (secondary N) is 4. The van der Waals surface area contributed by atoms with Crippen LogP contribution < -0.4 is 15.4 Å². The molecule has 0 spiro atoms. The lowest BCUT2D eigenvalue weighted by Crippen LogP contribution is -2.43. The summed E-state index contributed by atoms with van der Waals surface area (Å²) >= 11 is 0. The van der Waals surface area contributed by atoms with E-state index in [1.165, 1.54) is 14.2 Å². The first-order valence-electron chi connectivity index (χ1n) is 19.6. The van der Waals surface area contributed by atoms with E-state index < -0.39 is 18.2 Å². The van der Waals surface area contributed by atoms with E-state index in [1.807, 2.05) is 63.2 Å². The Morgan fingerprint density at radius 2 is 1.66 bits per heavy atom. The van der Waals surface area contributed by atoms with Crippen molar-refractivity contribution in [3.8, 4) is 28.1 Å². The quantitative estimate of drug-likeness (QED) is 0.0916. The van der Waals surface area contributed by atoms with E-state index in [9.17, 15) is 19.2 Å². The fourth-order valence-corrected chi connectivity index (χ4v) is 7.39. The van der Waals surface area contributed by atoms with E-state index >= 15 is 0 Å². The van der Waals surface area contributed by atoms with Crippen LogP contribution in [0, 0.1) is 5.92 Å². The molecule has 4 N–H and O–H groups in total. The molecule has 4 amide bonds. The van der Waals surface area contributed by atoms with Crippen LogP contribution in [0.25, 0.3) is 44.2 Å². The van der Waals surface area contributed by atoms with Gasteiger partial charge in [-0.05, 0) is 64.2 Å². The number of benzene rings is 4. The summed E-state index contributed by atoms with van der Waals surface area (Å²) in [7, 11) is 2.53. The van der Waals surface area contributed by atoms with Gasteiger partial charge in [0, 0.05) is 24.0 Å². The summed E-state index contributed by atoms with van der Waals surface area (Å²) < 4.78 is 15.8. The predicted octanol–water partition coefficient (Wildman–Crippen LogP) is 6.84. The van der Waals surface area contributed by atoms with Gasteiger partial charge < -0.3 is 44.6 Å². The fourth-order valence-electron chi connectivity index (χ4n) is 7.39. The maximum atomic E-state index is 14.0. The largest absolute Gasteiger partial charge is 0.488 e. The maximum absolute atomic E-state index is 14.0. The van der Waals surface area contributed by atoms with E-state index in [0.717, 1.165) is 55.5 Å². The van der Waals surface area contributed by atoms with Gasteiger partial charge in [-0.3, -0.25) is 9.59 Å². The lowest BCUT2D eigenvalue weighted by atomic mass is 9.92. The molecule has 7 rings (SSSR count). The van der Waals surface area contributed by atoms with Crippen LogP contribution in [0.1, 0.15) is 56.0 Å². The lowest BCUT2D eigenvalue weighted by molar-refractivity contribution is -0.134. The van der Waals surface area contributed by atoms with E-state index in [2.05, 4.69) is 48.5 Å². The van der Waals surface area contributed by atoms with Crippen molar-refractivity contribution in [3.05, 3.63) is 102 Å². The number of alkyl carbamates (subject to hydrolysis) is 2. The number of H-pyrrole nitrogens is 2. The first-order chi connectivity index (χ1) is 28.5. The zero-order chi connectivity index (χ0) is 41.6. The summed E-state index contributed by atoms with van der Waals surface area (Å²) in [5.41, 5.74) is 7.05. The monoisotopic (exact) mass is 800 g/mol. The van der Waals surface area contributed by atoms with Crippen molar-refractivity contribution in [1.82, 2.24) is 40.4 Å². The molecule has 2 aromatic heterocycles. The molecule has 0 unspecified atom stereocenters. The number of nitrogens with zero attached hydrogens (tertiary/aromatic N) is 4. The highest BCUT2D eigenvalue weighted by Gasteiger charge is 2.29. The first-order valence-corrected chi connectivity index (χ1v) is 19.6. The second-order valence-electron chi connectivity index (χ2n) is 14.9. The molecule has 0 saturated heterocycles. The van der Waals surface area contributed by atoms with Crippen LogP contribution >= 0.6 is 0 Å². The minimum absolute atomic E-state index is 0.170. The Kier molecular flexibility index (Phi) is 12.1. The second-order valence-corrected chi connectivity index (χ2v) is 14.9. The summed E-state index contributed by atoms with van der Waals surface area (Å²) in [6.45, 7) is 7.68. The molecule has 15 heteroatoms. The Labute approximate surface area is 341 Å². The highest BCUT2D eigenvalue weighted by Crippen LogP contribution is 2.42. The van der Waals surface area contributed by atoms with Gasteiger partial charge >= 0.3 is 12.2 Å². The van der Waals surface area contributed by atoms with Gasteiger partial charge in [-0.15, -0.1) is 0 Å². The molecule has 4 aromatic carbocycles. The average molecular weight is 801 g/mol. The van der Waals surface area contributed by atoms with Crippen molar-refractivity contribution in [1.29, 1.82) is 0 Å². The van der Waals surface area contributed by atoms with Crippen LogP contribution in [0.2, 0.25) is 0 Å². The van der Waals surface area contributed by atoms with Gasteiger partial charge in [0.05, 0.1) is 50.2 Å². The topological polar surface area (TPSA) is 184 Å². The summed E-state index contributed by atoms with van der Waals surface area (Å²) in [4.78, 5) is 70.4. The van der Waals surface area contributed by atoms with Crippen LogP contribution in [0.15, 0.2) is 79.0 Å². The molecule has 306 valence electrons. The van der Waals surface area contributed by atoms with Crippen LogP contribution in [0.3, 0.4) is 0 Å². The minimum Gasteiger partial charge on any atom is -0.488 e. The van der Waals surface area contributed by atoms with Crippen molar-refractivity contribution in [2.45, 2.75) is 52.9 Å². The van der Waals surface area contributed by atoms with E-state index in [-0.39, 0.29) is 37.4 Å². The summed E-state index contributed by atoms with van der Waals surface area (Å²) in [6.07, 6.45) is 1.12. The Hall–Kier alpha value is -6.90. The van der Waals surface area contributed by atoms with Crippen LogP contribution in [-0.4, -0.2) is 87.6 Å². The minimum atomic E-state index is -0.924. The smallest absolute Gasteiger partial charge is 0.407 e. The molecule has 1 aliphatic rings. The van der Waals surface area contributed by atoms with Gasteiger partial charge in [-0.1, -0.05) is 69.3 Å². The molecular weight excluding hydrogens is 753 g/mol. The molecule has 3 heterocycles. The SMILES string of the molecule is CCCN(Cc1nc2c(ccc3cc4c(cc32)OCc2cc(-c3cnc(CN(CC(C)C)C(=O)CNC(=O)OC)[nH]3)ccc2-4)[nH]1)C(=O)[C@H](NC(=O)OC)c1ccccc1. The molecule has 6 aromatic rings. The van der Waals surface area contributed by atoms with Gasteiger partial charge in [0.25, 0.3) is 0 Å². The molecule has 0 aliphatic carbocycles. The lowest BCUT2D eigenvalue weighted by Gasteiger charge is -2.27. The third-order valence-corrected chi connectivity index (χ3v) is 10.2. The number of imidazole rings is 2. The van der Waals surface area contributed by atoms with Crippen molar-refractivity contribution in [3.63, 3.8) is 0 Å². The number of ether oxygens (including phenoxy) is 3. The maximum Gasteiger partial charge on any atom is 0.407 e. The number of hydrogen-bond acceptors (Lipinski definition) is 9. The highest BCUT2D eigenvalue weighted by atomic mass is 16.5. The zero-order valence-corrected chi connectivity index (χ0v) is 33.8. The Balaban J connectivity index is 1.11. The average Bonchev–Trinajstić information content (AvgIpc) is 3.90. The highest BCUT2D eigenvalue weighted by molar-refractivity contribution is 6.07. The Bertz CT molecular complexity index is 2500. The van der Waals surface area contributed by atoms with Crippen molar-refractivity contribution in [2.75, 3.05) is 33.9 Å². The van der Waals surface area contributed by atoms with Crippen LogP contribution in [0.5, 0.6) is 5.75 Å². The van der Waals surface area contributed by atoms with E-state index in [0.29, 0.717) is 43.3 Å². The summed E-state index contributed by atoms with van der Waals surface area (Å²) in [5, 5.41) is 7.07. The van der Waals surface area contributed by atoms with Gasteiger partial charge in [-0.2, -0.15) is 0 Å². The number of carbonyl (C=O) groups excluding carboxylic acids is 4. The molecule has 0 saturated carbocycles. The molecule has 15 nitrogen and oxygen atoms in total. The van der Waals surface area contributed by atoms with Crippen LogP contribution in [-0.2, 0) is 38.8 Å². The van der Waals surface area contributed by atoms with Crippen LogP contribution in [0.4, 0.5) is 9.59 Å². The second kappa shape index (κ2) is 17.7. The fraction of sp³-hybridized carbons (Fsp3) is 0.318. The van der Waals surface area contributed by atoms with E-state index in [4.69, 9.17) is 14.5 Å². The third kappa shape index (κ3) is 8.98. The number of aromatic amines is 2. The van der Waals surface area contributed by atoms with Crippen molar-refractivity contribution < 1.29 is 33.4 Å². The summed E-state index contributed by atoms with van der Waals surface area (Å²) in [5.74, 6) is 1.71. The number of carbonyl (C=O) groups is 4. The molecule has 1 aliphatic heterocycles. The molecule has 1 atom stereocenters. The molecule has 59 heavy (non-hydrogen) atoms. The Morgan fingerprint density at radius 3 is 2.41 bits per heavy atom. The number of amides is 4. The summed E-state index contributed by atoms with van der Waals surface area (Å²) in [6, 6.07) is 22.6.